The molecule has 4 N–H and O–H groups in total. The van der Waals surface area contributed by atoms with Gasteiger partial charge in [-0.15, -0.1) is 0 Å². The monoisotopic (exact) mass is 324 g/mol. The first kappa shape index (κ1) is 17.1. The van der Waals surface area contributed by atoms with Gasteiger partial charge in [0, 0.05) is 12.8 Å². The summed E-state index contributed by atoms with van der Waals surface area (Å²) in [6, 6.07) is 0. The van der Waals surface area contributed by atoms with Crippen molar-refractivity contribution in [3.05, 3.63) is 0 Å². The molecule has 12 heteroatoms. The zero-order valence-corrected chi connectivity index (χ0v) is 10.8. The van der Waals surface area contributed by atoms with Gasteiger partial charge in [-0.25, -0.2) is 19.2 Å². The van der Waals surface area contributed by atoms with Crippen LogP contribution < -0.4 is 0 Å². The minimum absolute atomic E-state index is 0.351. The Morgan fingerprint density at radius 2 is 1.00 bits per heavy atom. The van der Waals surface area contributed by atoms with E-state index in [0.29, 0.717) is 0 Å². The van der Waals surface area contributed by atoms with E-state index in [1.165, 1.54) is 0 Å². The van der Waals surface area contributed by atoms with Crippen LogP contribution in [0, 0.1) is 0 Å². The minimum atomic E-state index is -1.81. The fourth-order valence-corrected chi connectivity index (χ4v) is 2.12. The van der Waals surface area contributed by atoms with Gasteiger partial charge in [-0.3, -0.25) is 0 Å². The van der Waals surface area contributed by atoms with Gasteiger partial charge in [0.2, 0.25) is 0 Å². The highest BCUT2D eigenvalue weighted by Crippen LogP contribution is 2.29. The molecule has 1 saturated carbocycles. The summed E-state index contributed by atoms with van der Waals surface area (Å²) >= 11 is 0. The van der Waals surface area contributed by atoms with Crippen molar-refractivity contribution in [3.8, 4) is 0 Å². The summed E-state index contributed by atoms with van der Waals surface area (Å²) in [4.78, 5) is 42.4. The molecule has 0 aromatic rings. The highest BCUT2D eigenvalue weighted by atomic mass is 16.7. The average molecular weight is 324 g/mol. The summed E-state index contributed by atoms with van der Waals surface area (Å²) in [5.41, 5.74) is 0. The van der Waals surface area contributed by atoms with E-state index in [4.69, 9.17) is 20.4 Å². The van der Waals surface area contributed by atoms with Gasteiger partial charge in [0.25, 0.3) is 0 Å². The van der Waals surface area contributed by atoms with Crippen molar-refractivity contribution in [2.75, 3.05) is 0 Å². The van der Waals surface area contributed by atoms with Crippen molar-refractivity contribution < 1.29 is 58.6 Å². The Balaban J connectivity index is 2.97. The maximum absolute atomic E-state index is 10.6. The Morgan fingerprint density at radius 3 is 1.32 bits per heavy atom. The predicted molar refractivity (Wildman–Crippen MR) is 60.8 cm³/mol. The Morgan fingerprint density at radius 1 is 0.636 bits per heavy atom. The SMILES string of the molecule is O=C(O)OC1CC(OC(=O)O)C(OC(=O)O)C(OC(=O)O)C1. The number of hydrogen-bond acceptors (Lipinski definition) is 8. The van der Waals surface area contributed by atoms with E-state index in [9.17, 15) is 19.2 Å². The molecule has 2 atom stereocenters. The van der Waals surface area contributed by atoms with Gasteiger partial charge in [0.1, 0.15) is 18.3 Å². The van der Waals surface area contributed by atoms with Crippen LogP contribution in [0.1, 0.15) is 12.8 Å². The van der Waals surface area contributed by atoms with Crippen LogP contribution in [-0.2, 0) is 18.9 Å². The largest absolute Gasteiger partial charge is 0.506 e. The molecule has 0 aromatic heterocycles. The number of rotatable bonds is 4. The van der Waals surface area contributed by atoms with Crippen LogP contribution in [0.3, 0.4) is 0 Å². The average Bonchev–Trinajstić information content (AvgIpc) is 2.30. The third kappa shape index (κ3) is 5.22. The lowest BCUT2D eigenvalue weighted by molar-refractivity contribution is -0.142. The van der Waals surface area contributed by atoms with Crippen molar-refractivity contribution in [1.82, 2.24) is 0 Å². The van der Waals surface area contributed by atoms with Gasteiger partial charge in [-0.2, -0.15) is 0 Å². The van der Waals surface area contributed by atoms with E-state index in [0.717, 1.165) is 0 Å². The first-order valence-corrected chi connectivity index (χ1v) is 5.77. The Bertz CT molecular complexity index is 433. The number of carboxylic acid groups (broad SMARTS) is 4. The first-order chi connectivity index (χ1) is 10.2. The Hall–Kier alpha value is -2.92. The van der Waals surface area contributed by atoms with Crippen molar-refractivity contribution in [2.24, 2.45) is 0 Å². The summed E-state index contributed by atoms with van der Waals surface area (Å²) in [6.45, 7) is 0. The quantitative estimate of drug-likeness (QED) is 0.425. The number of carbonyl (C=O) groups is 4. The summed E-state index contributed by atoms with van der Waals surface area (Å²) in [7, 11) is 0. The zero-order valence-electron chi connectivity index (χ0n) is 10.8. The lowest BCUT2D eigenvalue weighted by Crippen LogP contribution is -2.52. The van der Waals surface area contributed by atoms with E-state index in [-0.39, 0.29) is 12.8 Å². The molecule has 0 aliphatic heterocycles. The second-order valence-electron chi connectivity index (χ2n) is 4.17. The summed E-state index contributed by atoms with van der Waals surface area (Å²) in [5, 5.41) is 34.4. The molecule has 1 aliphatic carbocycles. The molecule has 1 fully saturated rings. The molecule has 0 saturated heterocycles. The smallest absolute Gasteiger partial charge is 0.450 e. The molecular weight excluding hydrogens is 312 g/mol. The number of ether oxygens (including phenoxy) is 4. The standard InChI is InChI=1S/C10H12O12/c11-7(12)19-3-1-4(20-8(13)14)6(22-10(17)18)5(2-3)21-9(15)16/h3-6H,1-2H2,(H,11,12)(H,13,14)(H,15,16)(H,17,18). The molecule has 12 nitrogen and oxygen atoms in total. The lowest BCUT2D eigenvalue weighted by atomic mass is 9.89. The van der Waals surface area contributed by atoms with Crippen LogP contribution in [-0.4, -0.2) is 69.5 Å². The molecule has 0 bridgehead atoms. The predicted octanol–water partition coefficient (Wildman–Crippen LogP) is 1.03. The maximum atomic E-state index is 10.6. The van der Waals surface area contributed by atoms with Gasteiger partial charge in [-0.05, 0) is 0 Å². The molecular formula is C10H12O12. The van der Waals surface area contributed by atoms with E-state index in [2.05, 4.69) is 18.9 Å². The van der Waals surface area contributed by atoms with Crippen LogP contribution in [0.4, 0.5) is 19.2 Å². The van der Waals surface area contributed by atoms with Gasteiger partial charge in [0.05, 0.1) is 0 Å². The second kappa shape index (κ2) is 7.19. The van der Waals surface area contributed by atoms with Crippen molar-refractivity contribution in [3.63, 3.8) is 0 Å². The Labute approximate surface area is 121 Å². The van der Waals surface area contributed by atoms with Crippen LogP contribution >= 0.6 is 0 Å². The van der Waals surface area contributed by atoms with Crippen LogP contribution in [0.5, 0.6) is 0 Å². The van der Waals surface area contributed by atoms with Crippen LogP contribution in [0.15, 0.2) is 0 Å². The van der Waals surface area contributed by atoms with Crippen LogP contribution in [0.25, 0.3) is 0 Å². The van der Waals surface area contributed by atoms with E-state index in [1.807, 2.05) is 0 Å². The third-order valence-corrected chi connectivity index (χ3v) is 2.73. The zero-order chi connectivity index (χ0) is 16.9. The topological polar surface area (TPSA) is 186 Å². The van der Waals surface area contributed by atoms with E-state index < -0.39 is 49.0 Å². The molecule has 2 unspecified atom stereocenters. The molecule has 124 valence electrons. The van der Waals surface area contributed by atoms with Crippen molar-refractivity contribution in [2.45, 2.75) is 37.3 Å². The van der Waals surface area contributed by atoms with Gasteiger partial charge in [-0.1, -0.05) is 0 Å². The van der Waals surface area contributed by atoms with Crippen molar-refractivity contribution >= 4 is 24.6 Å². The highest BCUT2D eigenvalue weighted by Gasteiger charge is 2.46. The molecule has 0 radical (unpaired) electrons. The Kier molecular flexibility index (Phi) is 5.60. The molecule has 0 amide bonds. The van der Waals surface area contributed by atoms with Gasteiger partial charge < -0.3 is 39.4 Å². The maximum Gasteiger partial charge on any atom is 0.506 e. The normalized spacial score (nSPS) is 27.3. The summed E-state index contributed by atoms with van der Waals surface area (Å²) in [6.07, 6.45) is -13.5. The number of hydrogen-bond donors (Lipinski definition) is 4. The molecule has 1 aliphatic rings. The van der Waals surface area contributed by atoms with E-state index >= 15 is 0 Å². The minimum Gasteiger partial charge on any atom is -0.450 e. The third-order valence-electron chi connectivity index (χ3n) is 2.73. The molecule has 1 rings (SSSR count). The lowest BCUT2D eigenvalue weighted by Gasteiger charge is -2.37. The molecule has 22 heavy (non-hydrogen) atoms. The second-order valence-corrected chi connectivity index (χ2v) is 4.17. The highest BCUT2D eigenvalue weighted by molar-refractivity contribution is 5.60. The molecule has 0 spiro atoms. The van der Waals surface area contributed by atoms with Gasteiger partial charge in [0.15, 0.2) is 6.10 Å². The molecule has 0 aromatic carbocycles. The van der Waals surface area contributed by atoms with E-state index in [1.54, 1.807) is 0 Å². The summed E-state index contributed by atoms with van der Waals surface area (Å²) in [5.74, 6) is 0. The summed E-state index contributed by atoms with van der Waals surface area (Å²) < 4.78 is 17.7. The molecule has 0 heterocycles. The fraction of sp³-hybridized carbons (Fsp3) is 0.600. The van der Waals surface area contributed by atoms with Crippen LogP contribution in [0.2, 0.25) is 0 Å². The van der Waals surface area contributed by atoms with Crippen molar-refractivity contribution in [1.29, 1.82) is 0 Å². The first-order valence-electron chi connectivity index (χ1n) is 5.77. The fourth-order valence-electron chi connectivity index (χ4n) is 2.12. The van der Waals surface area contributed by atoms with Gasteiger partial charge >= 0.3 is 24.6 Å².